The highest BCUT2D eigenvalue weighted by atomic mass is 32.2. The van der Waals surface area contributed by atoms with Crippen LogP contribution in [0.3, 0.4) is 0 Å². The number of imide groups is 1. The van der Waals surface area contributed by atoms with Crippen molar-refractivity contribution in [1.82, 2.24) is 29.8 Å². The molecule has 0 bridgehead atoms. The molecule has 34 heavy (non-hydrogen) atoms. The number of benzene rings is 2. The Morgan fingerprint density at radius 1 is 1.09 bits per heavy atom. The van der Waals surface area contributed by atoms with E-state index in [2.05, 4.69) is 20.8 Å². The summed E-state index contributed by atoms with van der Waals surface area (Å²) >= 11 is 1.18. The topological polar surface area (TPSA) is 110 Å². The monoisotopic (exact) mass is 476 g/mol. The van der Waals surface area contributed by atoms with E-state index in [1.807, 2.05) is 50.2 Å². The van der Waals surface area contributed by atoms with Crippen LogP contribution in [0.2, 0.25) is 0 Å². The standard InChI is InChI=1S/C24H24N6O3S/c1-13-7-6-10-18(14(13)2)29-21(32)17-8-4-5-9-19(17)30-23(29)27-28-24(30)34-15(3)20(31)26-22(33)25-16-11-12-16/h4-10,15-16H,11-12H2,1-3H3,(H2,25,26,31,33). The van der Waals surface area contributed by atoms with Gasteiger partial charge in [0, 0.05) is 6.04 Å². The number of hydrogen-bond donors (Lipinski definition) is 2. The van der Waals surface area contributed by atoms with Crippen molar-refractivity contribution in [2.75, 3.05) is 0 Å². The van der Waals surface area contributed by atoms with Gasteiger partial charge < -0.3 is 5.32 Å². The molecule has 0 aliphatic heterocycles. The smallest absolute Gasteiger partial charge is 0.321 e. The minimum absolute atomic E-state index is 0.157. The first kappa shape index (κ1) is 22.1. The molecule has 1 unspecified atom stereocenters. The number of carbonyl (C=O) groups excluding carboxylic acids is 2. The lowest BCUT2D eigenvalue weighted by Gasteiger charge is -2.15. The van der Waals surface area contributed by atoms with Crippen molar-refractivity contribution in [2.45, 2.75) is 50.1 Å². The van der Waals surface area contributed by atoms with Crippen molar-refractivity contribution in [3.8, 4) is 5.69 Å². The molecule has 2 heterocycles. The number of thioether (sulfide) groups is 1. The highest BCUT2D eigenvalue weighted by Crippen LogP contribution is 2.27. The molecule has 0 spiro atoms. The summed E-state index contributed by atoms with van der Waals surface area (Å²) in [4.78, 5) is 38.1. The second kappa shape index (κ2) is 8.60. The number of hydrogen-bond acceptors (Lipinski definition) is 6. The first-order valence-corrected chi connectivity index (χ1v) is 12.0. The quantitative estimate of drug-likeness (QED) is 0.428. The van der Waals surface area contributed by atoms with Gasteiger partial charge in [-0.05, 0) is 62.9 Å². The third kappa shape index (κ3) is 3.94. The van der Waals surface area contributed by atoms with Crippen LogP contribution in [0, 0.1) is 13.8 Å². The van der Waals surface area contributed by atoms with E-state index in [4.69, 9.17) is 0 Å². The Bertz CT molecular complexity index is 1500. The molecule has 0 saturated heterocycles. The van der Waals surface area contributed by atoms with Crippen molar-refractivity contribution in [1.29, 1.82) is 0 Å². The molecule has 9 nitrogen and oxygen atoms in total. The molecule has 3 amide bonds. The maximum absolute atomic E-state index is 13.5. The fourth-order valence-corrected chi connectivity index (χ4v) is 4.68. The van der Waals surface area contributed by atoms with Crippen molar-refractivity contribution in [2.24, 2.45) is 0 Å². The van der Waals surface area contributed by atoms with E-state index < -0.39 is 17.2 Å². The van der Waals surface area contributed by atoms with Gasteiger partial charge in [-0.15, -0.1) is 10.2 Å². The van der Waals surface area contributed by atoms with E-state index in [1.165, 1.54) is 11.8 Å². The maximum Gasteiger partial charge on any atom is 0.321 e. The zero-order chi connectivity index (χ0) is 24.0. The minimum Gasteiger partial charge on any atom is -0.335 e. The predicted molar refractivity (Wildman–Crippen MR) is 131 cm³/mol. The number of urea groups is 1. The molecule has 2 aromatic heterocycles. The first-order chi connectivity index (χ1) is 16.3. The molecular formula is C24H24N6O3S. The number of carbonyl (C=O) groups is 2. The van der Waals surface area contributed by atoms with Gasteiger partial charge in [0.15, 0.2) is 5.16 Å². The van der Waals surface area contributed by atoms with E-state index in [-0.39, 0.29) is 11.6 Å². The van der Waals surface area contributed by atoms with Gasteiger partial charge in [0.2, 0.25) is 11.7 Å². The molecule has 1 aliphatic carbocycles. The van der Waals surface area contributed by atoms with Gasteiger partial charge in [-0.25, -0.2) is 9.36 Å². The second-order valence-electron chi connectivity index (χ2n) is 8.49. The highest BCUT2D eigenvalue weighted by molar-refractivity contribution is 8.00. The lowest BCUT2D eigenvalue weighted by molar-refractivity contribution is -0.119. The number of nitrogens with one attached hydrogen (secondary N) is 2. The molecule has 5 rings (SSSR count). The van der Waals surface area contributed by atoms with Gasteiger partial charge in [0.1, 0.15) is 0 Å². The van der Waals surface area contributed by atoms with E-state index in [1.54, 1.807) is 22.0 Å². The normalized spacial score (nSPS) is 14.3. The van der Waals surface area contributed by atoms with Gasteiger partial charge >= 0.3 is 6.03 Å². The van der Waals surface area contributed by atoms with E-state index in [9.17, 15) is 14.4 Å². The molecule has 1 atom stereocenters. The van der Waals surface area contributed by atoms with Crippen LogP contribution >= 0.6 is 11.8 Å². The summed E-state index contributed by atoms with van der Waals surface area (Å²) in [5, 5.41) is 14.1. The van der Waals surface area contributed by atoms with Gasteiger partial charge in [0.05, 0.1) is 21.8 Å². The van der Waals surface area contributed by atoms with Crippen LogP contribution in [0.1, 0.15) is 30.9 Å². The predicted octanol–water partition coefficient (Wildman–Crippen LogP) is 3.12. The molecule has 1 aliphatic rings. The average Bonchev–Trinajstić information content (AvgIpc) is 3.53. The minimum atomic E-state index is -0.614. The fraction of sp³-hybridized carbons (Fsp3) is 0.292. The summed E-state index contributed by atoms with van der Waals surface area (Å²) in [5.41, 5.74) is 3.21. The van der Waals surface area contributed by atoms with Crippen molar-refractivity contribution < 1.29 is 9.59 Å². The first-order valence-electron chi connectivity index (χ1n) is 11.1. The number of nitrogens with zero attached hydrogens (tertiary/aromatic N) is 4. The van der Waals surface area contributed by atoms with Crippen LogP contribution in [0.4, 0.5) is 4.79 Å². The summed E-state index contributed by atoms with van der Waals surface area (Å²) in [6, 6.07) is 12.7. The van der Waals surface area contributed by atoms with Crippen LogP contribution in [-0.4, -0.2) is 42.4 Å². The summed E-state index contributed by atoms with van der Waals surface area (Å²) in [7, 11) is 0. The maximum atomic E-state index is 13.5. The number of amides is 3. The Balaban J connectivity index is 1.59. The van der Waals surface area contributed by atoms with Crippen molar-refractivity contribution in [3.05, 3.63) is 63.9 Å². The van der Waals surface area contributed by atoms with Crippen LogP contribution in [0.25, 0.3) is 22.4 Å². The molecule has 2 aromatic carbocycles. The largest absolute Gasteiger partial charge is 0.335 e. The molecule has 10 heteroatoms. The third-order valence-corrected chi connectivity index (χ3v) is 7.06. The average molecular weight is 477 g/mol. The fourth-order valence-electron chi connectivity index (χ4n) is 3.82. The Morgan fingerprint density at radius 3 is 2.62 bits per heavy atom. The third-order valence-electron chi connectivity index (χ3n) is 6.01. The van der Waals surface area contributed by atoms with Gasteiger partial charge in [-0.1, -0.05) is 36.0 Å². The van der Waals surface area contributed by atoms with E-state index in [0.29, 0.717) is 21.8 Å². The summed E-state index contributed by atoms with van der Waals surface area (Å²) in [6.45, 7) is 5.66. The number of fused-ring (bicyclic) bond motifs is 3. The number of aromatic nitrogens is 4. The summed E-state index contributed by atoms with van der Waals surface area (Å²) < 4.78 is 3.35. The van der Waals surface area contributed by atoms with Crippen LogP contribution in [0.5, 0.6) is 0 Å². The SMILES string of the molecule is Cc1cccc(-n2c(=O)c3ccccc3n3c(SC(C)C(=O)NC(=O)NC4CC4)nnc23)c1C. The molecule has 1 fully saturated rings. The lowest BCUT2D eigenvalue weighted by Crippen LogP contribution is -2.43. The lowest BCUT2D eigenvalue weighted by atomic mass is 10.1. The van der Waals surface area contributed by atoms with Crippen LogP contribution in [-0.2, 0) is 4.79 Å². The molecular weight excluding hydrogens is 452 g/mol. The van der Waals surface area contributed by atoms with Gasteiger partial charge in [-0.3, -0.25) is 19.3 Å². The molecule has 0 radical (unpaired) electrons. The molecule has 4 aromatic rings. The number of rotatable bonds is 5. The highest BCUT2D eigenvalue weighted by Gasteiger charge is 2.26. The Morgan fingerprint density at radius 2 is 1.85 bits per heavy atom. The van der Waals surface area contributed by atoms with Crippen molar-refractivity contribution in [3.63, 3.8) is 0 Å². The van der Waals surface area contributed by atoms with Gasteiger partial charge in [-0.2, -0.15) is 0 Å². The van der Waals surface area contributed by atoms with E-state index >= 15 is 0 Å². The number of para-hydroxylation sites is 1. The Kier molecular flexibility index (Phi) is 5.60. The second-order valence-corrected chi connectivity index (χ2v) is 9.80. The number of aryl methyl sites for hydroxylation is 1. The zero-order valence-electron chi connectivity index (χ0n) is 19.0. The Hall–Kier alpha value is -3.66. The van der Waals surface area contributed by atoms with Crippen LogP contribution < -0.4 is 16.2 Å². The molecule has 2 N–H and O–H groups in total. The molecule has 1 saturated carbocycles. The van der Waals surface area contributed by atoms with Crippen LogP contribution in [0.15, 0.2) is 52.4 Å². The summed E-state index contributed by atoms with van der Waals surface area (Å²) in [5.74, 6) is -0.0639. The summed E-state index contributed by atoms with van der Waals surface area (Å²) in [6.07, 6.45) is 1.87. The Labute approximate surface area is 199 Å². The zero-order valence-corrected chi connectivity index (χ0v) is 19.8. The van der Waals surface area contributed by atoms with E-state index in [0.717, 1.165) is 29.7 Å². The van der Waals surface area contributed by atoms with Gasteiger partial charge in [0.25, 0.3) is 5.56 Å². The van der Waals surface area contributed by atoms with Crippen molar-refractivity contribution >= 4 is 40.4 Å². The molecule has 174 valence electrons.